The zero-order valence-corrected chi connectivity index (χ0v) is 14.1. The van der Waals surface area contributed by atoms with Crippen molar-refractivity contribution in [1.82, 2.24) is 15.2 Å². The van der Waals surface area contributed by atoms with Crippen molar-refractivity contribution in [3.63, 3.8) is 0 Å². The average Bonchev–Trinajstić information content (AvgIpc) is 2.53. The van der Waals surface area contributed by atoms with E-state index < -0.39 is 17.5 Å². The number of benzene rings is 1. The fraction of sp³-hybridized carbons (Fsp3) is 0.333. The van der Waals surface area contributed by atoms with Crippen LogP contribution in [0.3, 0.4) is 0 Å². The van der Waals surface area contributed by atoms with Crippen molar-refractivity contribution in [2.75, 3.05) is 25.0 Å². The lowest BCUT2D eigenvalue weighted by Crippen LogP contribution is -2.59. The van der Waals surface area contributed by atoms with Crippen LogP contribution in [0.25, 0.3) is 0 Å². The molecule has 1 fully saturated rings. The molecular weight excluding hydrogens is 326 g/mol. The van der Waals surface area contributed by atoms with Gasteiger partial charge in [0.2, 0.25) is 0 Å². The lowest BCUT2D eigenvalue weighted by Gasteiger charge is -2.38. The monoisotopic (exact) mass is 346 g/mol. The van der Waals surface area contributed by atoms with Crippen molar-refractivity contribution in [3.05, 3.63) is 53.4 Å². The predicted molar refractivity (Wildman–Crippen MR) is 92.0 cm³/mol. The van der Waals surface area contributed by atoms with Gasteiger partial charge in [0.25, 0.3) is 5.91 Å². The number of amides is 1. The minimum atomic E-state index is -0.748. The molecule has 0 unspecified atom stereocenters. The first-order chi connectivity index (χ1) is 12.0. The van der Waals surface area contributed by atoms with Gasteiger partial charge in [-0.3, -0.25) is 14.7 Å². The Labute approximate surface area is 145 Å². The molecule has 1 aliphatic rings. The standard InChI is InChI=1S/C18H20F2N4O/c1-3-24-9-12(10-24)22-18(25)17-14(20)7-21-8-16(17)23-15-5-4-11(2)6-13(15)19/h4-8,12,23H,3,9-10H2,1-2H3,(H,22,25). The number of anilines is 2. The molecule has 2 N–H and O–H groups in total. The van der Waals surface area contributed by atoms with E-state index in [1.54, 1.807) is 19.1 Å². The van der Waals surface area contributed by atoms with Gasteiger partial charge in [0.05, 0.1) is 29.8 Å². The molecule has 0 aliphatic carbocycles. The Balaban J connectivity index is 1.81. The second-order valence-corrected chi connectivity index (χ2v) is 6.17. The van der Waals surface area contributed by atoms with Crippen LogP contribution in [0.1, 0.15) is 22.8 Å². The molecule has 3 rings (SSSR count). The average molecular weight is 346 g/mol. The first-order valence-electron chi connectivity index (χ1n) is 8.17. The fourth-order valence-electron chi connectivity index (χ4n) is 2.80. The molecular formula is C18H20F2N4O. The molecule has 132 valence electrons. The summed E-state index contributed by atoms with van der Waals surface area (Å²) in [7, 11) is 0. The van der Waals surface area contributed by atoms with Crippen molar-refractivity contribution in [1.29, 1.82) is 0 Å². The summed E-state index contributed by atoms with van der Waals surface area (Å²) in [6, 6.07) is 4.63. The number of likely N-dealkylation sites (N-methyl/N-ethyl adjacent to an activating group) is 1. The van der Waals surface area contributed by atoms with Crippen LogP contribution in [0.15, 0.2) is 30.6 Å². The number of nitrogens with one attached hydrogen (secondary N) is 2. The van der Waals surface area contributed by atoms with E-state index in [0.29, 0.717) is 0 Å². The van der Waals surface area contributed by atoms with Gasteiger partial charge < -0.3 is 10.6 Å². The molecule has 1 aliphatic heterocycles. The van der Waals surface area contributed by atoms with E-state index >= 15 is 0 Å². The summed E-state index contributed by atoms with van der Waals surface area (Å²) in [6.07, 6.45) is 2.29. The smallest absolute Gasteiger partial charge is 0.256 e. The van der Waals surface area contributed by atoms with E-state index in [0.717, 1.165) is 31.4 Å². The van der Waals surface area contributed by atoms with Gasteiger partial charge in [0, 0.05) is 13.1 Å². The lowest BCUT2D eigenvalue weighted by atomic mass is 10.1. The largest absolute Gasteiger partial charge is 0.351 e. The van der Waals surface area contributed by atoms with Crippen LogP contribution < -0.4 is 10.6 Å². The Morgan fingerprint density at radius 3 is 2.68 bits per heavy atom. The van der Waals surface area contributed by atoms with E-state index in [1.807, 2.05) is 6.92 Å². The van der Waals surface area contributed by atoms with Crippen molar-refractivity contribution in [2.24, 2.45) is 0 Å². The van der Waals surface area contributed by atoms with Crippen LogP contribution in [0, 0.1) is 18.6 Å². The number of aryl methyl sites for hydroxylation is 1. The zero-order chi connectivity index (χ0) is 18.0. The summed E-state index contributed by atoms with van der Waals surface area (Å²) in [6.45, 7) is 6.20. The number of carbonyl (C=O) groups is 1. The molecule has 1 amide bonds. The third kappa shape index (κ3) is 3.76. The number of pyridine rings is 1. The molecule has 1 saturated heterocycles. The number of rotatable bonds is 5. The number of hydrogen-bond acceptors (Lipinski definition) is 4. The molecule has 5 nitrogen and oxygen atoms in total. The number of aromatic nitrogens is 1. The Morgan fingerprint density at radius 1 is 1.24 bits per heavy atom. The third-order valence-corrected chi connectivity index (χ3v) is 4.26. The molecule has 25 heavy (non-hydrogen) atoms. The quantitative estimate of drug-likeness (QED) is 0.874. The lowest BCUT2D eigenvalue weighted by molar-refractivity contribution is 0.0821. The Bertz CT molecular complexity index is 791. The van der Waals surface area contributed by atoms with Gasteiger partial charge >= 0.3 is 0 Å². The fourth-order valence-corrected chi connectivity index (χ4v) is 2.80. The summed E-state index contributed by atoms with van der Waals surface area (Å²) in [5, 5.41) is 5.58. The topological polar surface area (TPSA) is 57.3 Å². The summed E-state index contributed by atoms with van der Waals surface area (Å²) in [4.78, 5) is 18.4. The van der Waals surface area contributed by atoms with Crippen LogP contribution in [-0.2, 0) is 0 Å². The molecule has 2 heterocycles. The molecule has 0 radical (unpaired) electrons. The van der Waals surface area contributed by atoms with Gasteiger partial charge in [-0.15, -0.1) is 0 Å². The Kier molecular flexibility index (Phi) is 4.94. The van der Waals surface area contributed by atoms with Gasteiger partial charge in [0.1, 0.15) is 11.4 Å². The second-order valence-electron chi connectivity index (χ2n) is 6.17. The predicted octanol–water partition coefficient (Wildman–Crippen LogP) is 2.85. The van der Waals surface area contributed by atoms with Crippen molar-refractivity contribution < 1.29 is 13.6 Å². The van der Waals surface area contributed by atoms with Crippen LogP contribution >= 0.6 is 0 Å². The van der Waals surface area contributed by atoms with Gasteiger partial charge in [-0.2, -0.15) is 0 Å². The van der Waals surface area contributed by atoms with Crippen LogP contribution in [0.5, 0.6) is 0 Å². The highest BCUT2D eigenvalue weighted by Crippen LogP contribution is 2.25. The highest BCUT2D eigenvalue weighted by molar-refractivity contribution is 6.00. The Morgan fingerprint density at radius 2 is 2.00 bits per heavy atom. The number of nitrogens with zero attached hydrogens (tertiary/aromatic N) is 2. The molecule has 1 aromatic heterocycles. The van der Waals surface area contributed by atoms with Gasteiger partial charge in [-0.05, 0) is 31.2 Å². The second kappa shape index (κ2) is 7.14. The SMILES string of the molecule is CCN1CC(NC(=O)c2c(F)cncc2Nc2ccc(C)cc2F)C1. The van der Waals surface area contributed by atoms with Gasteiger partial charge in [-0.25, -0.2) is 8.78 Å². The van der Waals surface area contributed by atoms with Crippen LogP contribution in [0.4, 0.5) is 20.2 Å². The highest BCUT2D eigenvalue weighted by Gasteiger charge is 2.28. The first kappa shape index (κ1) is 17.3. The van der Waals surface area contributed by atoms with E-state index in [9.17, 15) is 13.6 Å². The van der Waals surface area contributed by atoms with Crippen molar-refractivity contribution >= 4 is 17.3 Å². The molecule has 0 saturated carbocycles. The van der Waals surface area contributed by atoms with E-state index in [1.165, 1.54) is 12.3 Å². The molecule has 0 spiro atoms. The minimum absolute atomic E-state index is 0.0102. The normalized spacial score (nSPS) is 14.9. The minimum Gasteiger partial charge on any atom is -0.351 e. The summed E-state index contributed by atoms with van der Waals surface area (Å²) < 4.78 is 28.3. The molecule has 0 atom stereocenters. The molecule has 0 bridgehead atoms. The van der Waals surface area contributed by atoms with Crippen molar-refractivity contribution in [2.45, 2.75) is 19.9 Å². The molecule has 2 aromatic rings. The maximum atomic E-state index is 14.2. The van der Waals surface area contributed by atoms with E-state index in [2.05, 4.69) is 20.5 Å². The van der Waals surface area contributed by atoms with Gasteiger partial charge in [0.15, 0.2) is 5.82 Å². The number of likely N-dealkylation sites (tertiary alicyclic amines) is 1. The zero-order valence-electron chi connectivity index (χ0n) is 14.1. The highest BCUT2D eigenvalue weighted by atomic mass is 19.1. The first-order valence-corrected chi connectivity index (χ1v) is 8.17. The third-order valence-electron chi connectivity index (χ3n) is 4.26. The number of hydrogen-bond donors (Lipinski definition) is 2. The van der Waals surface area contributed by atoms with E-state index in [4.69, 9.17) is 0 Å². The number of carbonyl (C=O) groups excluding carboxylic acids is 1. The molecule has 7 heteroatoms. The van der Waals surface area contributed by atoms with Crippen molar-refractivity contribution in [3.8, 4) is 0 Å². The van der Waals surface area contributed by atoms with Gasteiger partial charge in [-0.1, -0.05) is 13.0 Å². The summed E-state index contributed by atoms with van der Waals surface area (Å²) in [5.74, 6) is -1.76. The van der Waals surface area contributed by atoms with Crippen LogP contribution in [-0.4, -0.2) is 41.5 Å². The summed E-state index contributed by atoms with van der Waals surface area (Å²) >= 11 is 0. The maximum absolute atomic E-state index is 14.2. The maximum Gasteiger partial charge on any atom is 0.256 e. The van der Waals surface area contributed by atoms with Crippen LogP contribution in [0.2, 0.25) is 0 Å². The Hall–Kier alpha value is -2.54. The molecule has 1 aromatic carbocycles. The number of halogens is 2. The van der Waals surface area contributed by atoms with E-state index in [-0.39, 0.29) is 23.0 Å². The summed E-state index contributed by atoms with van der Waals surface area (Å²) in [5.41, 5.74) is 0.897.